The Balaban J connectivity index is 0.00000210. The summed E-state index contributed by atoms with van der Waals surface area (Å²) < 4.78 is 31.8. The average Bonchev–Trinajstić information content (AvgIpc) is 3.20. The first-order valence-corrected chi connectivity index (χ1v) is 12.4. The minimum atomic E-state index is -0.616. The topological polar surface area (TPSA) is 61.7 Å². The van der Waals surface area contributed by atoms with Crippen LogP contribution in [0.1, 0.15) is 74.8 Å². The Morgan fingerprint density at radius 1 is 1.26 bits per heavy atom. The van der Waals surface area contributed by atoms with Gasteiger partial charge in [-0.15, -0.1) is 0 Å². The van der Waals surface area contributed by atoms with Crippen molar-refractivity contribution in [1.29, 1.82) is 0 Å². The zero-order valence-corrected chi connectivity index (χ0v) is 21.6. The van der Waals surface area contributed by atoms with E-state index in [1.807, 2.05) is 24.6 Å². The highest BCUT2D eigenvalue weighted by atomic mass is 19.1. The van der Waals surface area contributed by atoms with Crippen molar-refractivity contribution < 1.29 is 13.6 Å². The van der Waals surface area contributed by atoms with Gasteiger partial charge in [0.25, 0.3) is 5.91 Å². The number of hydrogen-bond donors (Lipinski definition) is 2. The average molecular weight is 488 g/mol. The number of hydrogen-bond acceptors (Lipinski definition) is 4. The molecule has 35 heavy (non-hydrogen) atoms. The predicted molar refractivity (Wildman–Crippen MR) is 142 cm³/mol. The molecule has 6 nitrogen and oxygen atoms in total. The van der Waals surface area contributed by atoms with Gasteiger partial charge in [0.1, 0.15) is 11.6 Å². The highest BCUT2D eigenvalue weighted by molar-refractivity contribution is 5.94. The number of anilines is 1. The molecule has 1 fully saturated rings. The molecule has 192 valence electrons. The molecule has 0 atom stereocenters. The third-order valence-electron chi connectivity index (χ3n) is 5.77. The van der Waals surface area contributed by atoms with Gasteiger partial charge in [-0.3, -0.25) is 4.79 Å². The van der Waals surface area contributed by atoms with Crippen LogP contribution in [0.2, 0.25) is 0 Å². The second-order valence-corrected chi connectivity index (χ2v) is 8.52. The van der Waals surface area contributed by atoms with E-state index >= 15 is 4.39 Å². The van der Waals surface area contributed by atoms with Crippen LogP contribution in [0.3, 0.4) is 0 Å². The van der Waals surface area contributed by atoms with Crippen molar-refractivity contribution >= 4 is 29.3 Å². The van der Waals surface area contributed by atoms with E-state index in [2.05, 4.69) is 29.1 Å². The molecule has 1 aliphatic rings. The van der Waals surface area contributed by atoms with Gasteiger partial charge in [-0.2, -0.15) is 0 Å². The van der Waals surface area contributed by atoms with Gasteiger partial charge in [0, 0.05) is 43.8 Å². The van der Waals surface area contributed by atoms with Gasteiger partial charge < -0.3 is 20.1 Å². The molecular formula is C27H39F2N5O. The predicted octanol–water partition coefficient (Wildman–Crippen LogP) is 6.39. The molecule has 0 radical (unpaired) electrons. The molecular weight excluding hydrogens is 448 g/mol. The van der Waals surface area contributed by atoms with Gasteiger partial charge in [-0.1, -0.05) is 33.8 Å². The summed E-state index contributed by atoms with van der Waals surface area (Å²) in [5, 5.41) is 6.21. The lowest BCUT2D eigenvalue weighted by atomic mass is 10.1. The fourth-order valence-electron chi connectivity index (χ4n) is 3.94. The Kier molecular flexibility index (Phi) is 11.1. The first-order chi connectivity index (χ1) is 16.8. The fourth-order valence-corrected chi connectivity index (χ4v) is 3.94. The quantitative estimate of drug-likeness (QED) is 0.318. The van der Waals surface area contributed by atoms with Crippen LogP contribution >= 0.6 is 0 Å². The number of halogens is 2. The van der Waals surface area contributed by atoms with Crippen LogP contribution in [-0.2, 0) is 0 Å². The van der Waals surface area contributed by atoms with E-state index < -0.39 is 11.6 Å². The fraction of sp³-hybridized carbons (Fsp3) is 0.481. The lowest BCUT2D eigenvalue weighted by molar-refractivity contribution is 0.0827. The summed E-state index contributed by atoms with van der Waals surface area (Å²) in [6.07, 6.45) is 7.88. The molecule has 2 N–H and O–H groups in total. The number of nitrogens with zero attached hydrogens (tertiary/aromatic N) is 3. The van der Waals surface area contributed by atoms with E-state index in [1.165, 1.54) is 23.2 Å². The minimum Gasteiger partial charge on any atom is -0.353 e. The number of aromatic nitrogens is 1. The number of carbonyl (C=O) groups is 1. The highest BCUT2D eigenvalue weighted by Crippen LogP contribution is 2.36. The maximum Gasteiger partial charge on any atom is 0.253 e. The Morgan fingerprint density at radius 3 is 2.54 bits per heavy atom. The molecule has 0 bridgehead atoms. The molecule has 0 unspecified atom stereocenters. The van der Waals surface area contributed by atoms with E-state index in [0.29, 0.717) is 5.82 Å². The van der Waals surface area contributed by atoms with Gasteiger partial charge >= 0.3 is 0 Å². The molecule has 1 aromatic carbocycles. The molecule has 0 spiro atoms. The Labute approximate surface area is 208 Å². The lowest BCUT2D eigenvalue weighted by Crippen LogP contribution is -2.29. The van der Waals surface area contributed by atoms with Crippen molar-refractivity contribution in [2.24, 2.45) is 4.99 Å². The van der Waals surface area contributed by atoms with E-state index in [0.717, 1.165) is 51.3 Å². The monoisotopic (exact) mass is 487 g/mol. The van der Waals surface area contributed by atoms with Crippen LogP contribution in [0.25, 0.3) is 5.70 Å². The molecule has 1 saturated heterocycles. The number of piperidine rings is 1. The summed E-state index contributed by atoms with van der Waals surface area (Å²) in [5.41, 5.74) is 0.797. The van der Waals surface area contributed by atoms with E-state index in [9.17, 15) is 9.18 Å². The normalized spacial score (nSPS) is 13.9. The van der Waals surface area contributed by atoms with Crippen molar-refractivity contribution in [3.8, 4) is 0 Å². The molecule has 2 heterocycles. The van der Waals surface area contributed by atoms with Gasteiger partial charge in [0.15, 0.2) is 5.82 Å². The van der Waals surface area contributed by atoms with E-state index in [1.54, 1.807) is 14.1 Å². The van der Waals surface area contributed by atoms with E-state index in [4.69, 9.17) is 0 Å². The first-order valence-electron chi connectivity index (χ1n) is 12.4. The van der Waals surface area contributed by atoms with Crippen LogP contribution in [0.5, 0.6) is 0 Å². The summed E-state index contributed by atoms with van der Waals surface area (Å²) in [6.45, 7) is 11.8. The summed E-state index contributed by atoms with van der Waals surface area (Å²) in [5.74, 6) is -0.871. The van der Waals surface area contributed by atoms with Crippen molar-refractivity contribution in [2.45, 2.75) is 58.9 Å². The smallest absolute Gasteiger partial charge is 0.253 e. The van der Waals surface area contributed by atoms with Gasteiger partial charge in [0.05, 0.1) is 11.3 Å². The lowest BCUT2D eigenvalue weighted by Gasteiger charge is -2.25. The van der Waals surface area contributed by atoms with Crippen LogP contribution in [0.15, 0.2) is 36.0 Å². The number of amides is 1. The Hall–Kier alpha value is -3.00. The van der Waals surface area contributed by atoms with Crippen molar-refractivity contribution in [2.75, 3.05) is 32.5 Å². The maximum atomic E-state index is 15.2. The van der Waals surface area contributed by atoms with Gasteiger partial charge in [-0.05, 0) is 57.0 Å². The summed E-state index contributed by atoms with van der Waals surface area (Å²) in [7, 11) is 3.21. The number of aliphatic imine (C=N–C) groups is 1. The molecule has 3 rings (SSSR count). The molecule has 1 aliphatic heterocycles. The second-order valence-electron chi connectivity index (χ2n) is 8.52. The van der Waals surface area contributed by atoms with Crippen LogP contribution in [0.4, 0.5) is 20.3 Å². The number of rotatable bonds is 9. The Morgan fingerprint density at radius 2 is 1.94 bits per heavy atom. The third kappa shape index (κ3) is 7.24. The van der Waals surface area contributed by atoms with Crippen molar-refractivity contribution in [3.05, 3.63) is 53.7 Å². The first kappa shape index (κ1) is 28.2. The molecule has 1 amide bonds. The molecule has 0 aliphatic carbocycles. The van der Waals surface area contributed by atoms with E-state index in [-0.39, 0.29) is 34.5 Å². The third-order valence-corrected chi connectivity index (χ3v) is 5.77. The maximum absolute atomic E-state index is 15.2. The van der Waals surface area contributed by atoms with Crippen LogP contribution in [-0.4, -0.2) is 48.8 Å². The zero-order valence-electron chi connectivity index (χ0n) is 21.6. The Bertz CT molecular complexity index is 1020. The van der Waals surface area contributed by atoms with Crippen molar-refractivity contribution in [1.82, 2.24) is 14.8 Å². The van der Waals surface area contributed by atoms with Crippen LogP contribution < -0.4 is 10.6 Å². The molecule has 0 saturated carbocycles. The summed E-state index contributed by atoms with van der Waals surface area (Å²) >= 11 is 0. The van der Waals surface area contributed by atoms with Gasteiger partial charge in [-0.25, -0.2) is 13.8 Å². The largest absolute Gasteiger partial charge is 0.353 e. The standard InChI is InChI=1S/C25H33F2N5O.C2H6/c1-5-6-7-12-29-24-23(21(27)16-32(24)19-10-13-28-14-11-19)17(2)30-22-9-8-18(15-20(22)26)25(33)31(3)4;1-2/h8-9,12,15-16,19,28,30H,2,5-7,10-11,13-14H2,1,3-4H3;1-2H3/b29-12-;. The number of unbranched alkanes of at least 4 members (excludes halogenated alkanes) is 2. The second kappa shape index (κ2) is 13.8. The number of nitrogens with one attached hydrogen (secondary N) is 2. The molecule has 2 aromatic rings. The van der Waals surface area contributed by atoms with Crippen molar-refractivity contribution in [3.63, 3.8) is 0 Å². The van der Waals surface area contributed by atoms with Gasteiger partial charge in [0.2, 0.25) is 0 Å². The molecule has 8 heteroatoms. The highest BCUT2D eigenvalue weighted by Gasteiger charge is 2.24. The summed E-state index contributed by atoms with van der Waals surface area (Å²) in [4.78, 5) is 18.1. The number of benzene rings is 1. The SMILES string of the molecule is C=C(Nc1ccc(C(=O)N(C)C)cc1F)c1c(F)cn(C2CCNCC2)c1/N=C\CCCC.CC. The van der Waals surface area contributed by atoms with Crippen LogP contribution in [0, 0.1) is 11.6 Å². The zero-order chi connectivity index (χ0) is 26.0. The molecule has 1 aromatic heterocycles. The minimum absolute atomic E-state index is 0.116. The summed E-state index contributed by atoms with van der Waals surface area (Å²) in [6, 6.07) is 4.29. The number of carbonyl (C=O) groups excluding carboxylic acids is 1.